The van der Waals surface area contributed by atoms with Gasteiger partial charge < -0.3 is 14.2 Å². The molecule has 0 unspecified atom stereocenters. The molecule has 7 nitrogen and oxygen atoms in total. The highest BCUT2D eigenvalue weighted by molar-refractivity contribution is 5.84. The first-order valence-corrected chi connectivity index (χ1v) is 7.97. The number of hydrazone groups is 1. The lowest BCUT2D eigenvalue weighted by molar-refractivity contribution is 0.347. The molecule has 0 aliphatic carbocycles. The van der Waals surface area contributed by atoms with Gasteiger partial charge in [0.15, 0.2) is 0 Å². The summed E-state index contributed by atoms with van der Waals surface area (Å²) in [6.45, 7) is 0. The lowest BCUT2D eigenvalue weighted by atomic mass is 10.2. The number of benzene rings is 2. The maximum Gasteiger partial charge on any atom is 0.328 e. The molecule has 2 aromatic carbocycles. The number of anilines is 1. The normalized spacial score (nSPS) is 10.6. The van der Waals surface area contributed by atoms with Crippen LogP contribution < -0.4 is 19.6 Å². The molecule has 0 radical (unpaired) electrons. The minimum absolute atomic E-state index is 0.0394. The summed E-state index contributed by atoms with van der Waals surface area (Å²) in [5.74, 6) is 0.216. The van der Waals surface area contributed by atoms with Gasteiger partial charge in [-0.2, -0.15) is 15.1 Å². The van der Waals surface area contributed by atoms with Gasteiger partial charge >= 0.3 is 6.01 Å². The second-order valence-corrected chi connectivity index (χ2v) is 5.22. The fourth-order valence-corrected chi connectivity index (χ4v) is 2.15. The number of para-hydroxylation sites is 1. The molecule has 0 spiro atoms. The molecule has 138 valence electrons. The second-order valence-electron chi connectivity index (χ2n) is 5.22. The molecule has 0 saturated heterocycles. The van der Waals surface area contributed by atoms with Gasteiger partial charge in [-0.05, 0) is 24.3 Å². The predicted octanol–water partition coefficient (Wildman–Crippen LogP) is 3.87. The molecule has 8 heteroatoms. The summed E-state index contributed by atoms with van der Waals surface area (Å²) in [5.41, 5.74) is 3.74. The van der Waals surface area contributed by atoms with E-state index in [1.165, 1.54) is 38.6 Å². The number of hydrogen-bond donors (Lipinski definition) is 1. The Hall–Kier alpha value is -3.68. The van der Waals surface area contributed by atoms with Crippen molar-refractivity contribution in [3.63, 3.8) is 0 Å². The van der Waals surface area contributed by atoms with E-state index >= 15 is 0 Å². The third-order valence-corrected chi connectivity index (χ3v) is 3.45. The Morgan fingerprint density at radius 1 is 0.963 bits per heavy atom. The van der Waals surface area contributed by atoms with Crippen molar-refractivity contribution in [3.05, 3.63) is 66.0 Å². The van der Waals surface area contributed by atoms with Crippen molar-refractivity contribution in [1.29, 1.82) is 0 Å². The summed E-state index contributed by atoms with van der Waals surface area (Å²) in [7, 11) is 2.92. The maximum atomic E-state index is 14.3. The van der Waals surface area contributed by atoms with Crippen molar-refractivity contribution < 1.29 is 18.6 Å². The summed E-state index contributed by atoms with van der Waals surface area (Å²) in [4.78, 5) is 8.15. The molecule has 1 aromatic heterocycles. The molecule has 0 saturated carbocycles. The van der Waals surface area contributed by atoms with Crippen molar-refractivity contribution in [1.82, 2.24) is 9.97 Å². The van der Waals surface area contributed by atoms with E-state index in [1.807, 2.05) is 30.3 Å². The van der Waals surface area contributed by atoms with Gasteiger partial charge in [0, 0.05) is 0 Å². The number of rotatable bonds is 7. The maximum absolute atomic E-state index is 14.3. The average Bonchev–Trinajstić information content (AvgIpc) is 2.70. The number of ether oxygens (including phenoxy) is 3. The van der Waals surface area contributed by atoms with Crippen LogP contribution in [0.5, 0.6) is 23.5 Å². The van der Waals surface area contributed by atoms with E-state index in [2.05, 4.69) is 20.5 Å². The zero-order chi connectivity index (χ0) is 19.1. The zero-order valence-corrected chi connectivity index (χ0v) is 14.7. The Morgan fingerprint density at radius 3 is 2.33 bits per heavy atom. The highest BCUT2D eigenvalue weighted by Crippen LogP contribution is 2.27. The van der Waals surface area contributed by atoms with Crippen LogP contribution in [0.3, 0.4) is 0 Å². The van der Waals surface area contributed by atoms with Gasteiger partial charge in [0.2, 0.25) is 11.8 Å². The van der Waals surface area contributed by atoms with Crippen LogP contribution in [-0.2, 0) is 0 Å². The molecule has 0 aliphatic heterocycles. The Morgan fingerprint density at radius 2 is 1.67 bits per heavy atom. The molecule has 1 N–H and O–H groups in total. The number of methoxy groups -OCH3 is 2. The number of aromatic nitrogens is 2. The van der Waals surface area contributed by atoms with Crippen LogP contribution in [0.25, 0.3) is 0 Å². The van der Waals surface area contributed by atoms with Gasteiger partial charge in [-0.25, -0.2) is 4.39 Å². The third-order valence-electron chi connectivity index (χ3n) is 3.45. The largest absolute Gasteiger partial charge is 0.481 e. The molecule has 3 aromatic rings. The lowest BCUT2D eigenvalue weighted by Crippen LogP contribution is -2.01. The fourth-order valence-electron chi connectivity index (χ4n) is 2.15. The van der Waals surface area contributed by atoms with Crippen LogP contribution in [-0.4, -0.2) is 30.4 Å². The number of nitrogens with zero attached hydrogens (tertiary/aromatic N) is 3. The van der Waals surface area contributed by atoms with Crippen molar-refractivity contribution in [3.8, 4) is 23.5 Å². The first-order chi connectivity index (χ1) is 13.2. The van der Waals surface area contributed by atoms with Crippen LogP contribution in [0.1, 0.15) is 5.56 Å². The van der Waals surface area contributed by atoms with Crippen LogP contribution >= 0.6 is 0 Å². The topological polar surface area (TPSA) is 77.9 Å². The zero-order valence-electron chi connectivity index (χ0n) is 14.7. The third kappa shape index (κ3) is 4.69. The summed E-state index contributed by atoms with van der Waals surface area (Å²) < 4.78 is 30.1. The van der Waals surface area contributed by atoms with E-state index < -0.39 is 5.82 Å². The Kier molecular flexibility index (Phi) is 5.78. The summed E-state index contributed by atoms with van der Waals surface area (Å²) in [6, 6.07) is 15.2. The first kappa shape index (κ1) is 18.1. The molecule has 0 bridgehead atoms. The standard InChI is InChI=1S/C19H17FN4O3/c1-25-17-11-18(26-2)23-19(22-17)27-16-10-6-9-15(20)14(16)12-21-24-13-7-4-3-5-8-13/h3-12,24H,1-2H3. The molecule has 0 atom stereocenters. The van der Waals surface area contributed by atoms with Gasteiger partial charge in [-0.3, -0.25) is 5.43 Å². The second kappa shape index (κ2) is 8.61. The molecule has 27 heavy (non-hydrogen) atoms. The molecular formula is C19H17FN4O3. The summed E-state index contributed by atoms with van der Waals surface area (Å²) >= 11 is 0. The Balaban J connectivity index is 1.85. The Labute approximate surface area is 155 Å². The van der Waals surface area contributed by atoms with Crippen LogP contribution in [0.4, 0.5) is 10.1 Å². The molecule has 3 rings (SSSR count). The number of hydrogen-bond acceptors (Lipinski definition) is 7. The summed E-state index contributed by atoms with van der Waals surface area (Å²) in [6.07, 6.45) is 1.33. The van der Waals surface area contributed by atoms with Gasteiger partial charge in [0.25, 0.3) is 0 Å². The van der Waals surface area contributed by atoms with Gasteiger partial charge in [-0.1, -0.05) is 24.3 Å². The van der Waals surface area contributed by atoms with Crippen molar-refractivity contribution in [2.75, 3.05) is 19.6 Å². The monoisotopic (exact) mass is 368 g/mol. The SMILES string of the molecule is COc1cc(OC)nc(Oc2cccc(F)c2C=NNc2ccccc2)n1. The quantitative estimate of drug-likeness (QED) is 0.504. The van der Waals surface area contributed by atoms with Crippen LogP contribution in [0, 0.1) is 5.82 Å². The van der Waals surface area contributed by atoms with E-state index in [9.17, 15) is 4.39 Å². The molecule has 0 fully saturated rings. The smallest absolute Gasteiger partial charge is 0.328 e. The number of nitrogens with one attached hydrogen (secondary N) is 1. The van der Waals surface area contributed by atoms with E-state index in [4.69, 9.17) is 14.2 Å². The van der Waals surface area contributed by atoms with Crippen LogP contribution in [0.2, 0.25) is 0 Å². The number of halogens is 1. The lowest BCUT2D eigenvalue weighted by Gasteiger charge is -2.10. The molecular weight excluding hydrogens is 351 g/mol. The van der Waals surface area contributed by atoms with E-state index in [1.54, 1.807) is 6.07 Å². The van der Waals surface area contributed by atoms with Crippen molar-refractivity contribution >= 4 is 11.9 Å². The average molecular weight is 368 g/mol. The van der Waals surface area contributed by atoms with Crippen molar-refractivity contribution in [2.45, 2.75) is 0 Å². The van der Waals surface area contributed by atoms with E-state index in [-0.39, 0.29) is 29.1 Å². The van der Waals surface area contributed by atoms with Gasteiger partial charge in [-0.15, -0.1) is 0 Å². The van der Waals surface area contributed by atoms with E-state index in [0.29, 0.717) is 0 Å². The first-order valence-electron chi connectivity index (χ1n) is 7.97. The highest BCUT2D eigenvalue weighted by Gasteiger charge is 2.12. The highest BCUT2D eigenvalue weighted by atomic mass is 19.1. The van der Waals surface area contributed by atoms with E-state index in [0.717, 1.165) is 5.69 Å². The summed E-state index contributed by atoms with van der Waals surface area (Å²) in [5, 5.41) is 4.06. The molecule has 1 heterocycles. The minimum Gasteiger partial charge on any atom is -0.481 e. The predicted molar refractivity (Wildman–Crippen MR) is 99.3 cm³/mol. The van der Waals surface area contributed by atoms with Gasteiger partial charge in [0.05, 0.1) is 37.8 Å². The fraction of sp³-hybridized carbons (Fsp3) is 0.105. The molecule has 0 amide bonds. The van der Waals surface area contributed by atoms with Crippen molar-refractivity contribution in [2.24, 2.45) is 5.10 Å². The molecule has 0 aliphatic rings. The minimum atomic E-state index is -0.499. The van der Waals surface area contributed by atoms with Gasteiger partial charge in [0.1, 0.15) is 11.6 Å². The Bertz CT molecular complexity index is 913. The van der Waals surface area contributed by atoms with Crippen LogP contribution in [0.15, 0.2) is 59.7 Å².